The molecule has 1 aliphatic heterocycles. The fraction of sp³-hybridized carbons (Fsp3) is 0.455. The lowest BCUT2D eigenvalue weighted by molar-refractivity contribution is -0.188. The minimum absolute atomic E-state index is 0.0820. The first-order chi connectivity index (χ1) is 7.18. The summed E-state index contributed by atoms with van der Waals surface area (Å²) in [6.45, 7) is 0.641. The fourth-order valence-corrected chi connectivity index (χ4v) is 1.52. The highest BCUT2D eigenvalue weighted by Gasteiger charge is 2.33. The maximum Gasteiger partial charge on any atom is 0.200 e. The normalized spacial score (nSPS) is 25.5. The van der Waals surface area contributed by atoms with E-state index in [2.05, 4.69) is 0 Å². The summed E-state index contributed by atoms with van der Waals surface area (Å²) in [6.07, 6.45) is 1.41. The summed E-state index contributed by atoms with van der Waals surface area (Å²) >= 11 is 0. The van der Waals surface area contributed by atoms with Gasteiger partial charge < -0.3 is 14.6 Å². The van der Waals surface area contributed by atoms with Crippen molar-refractivity contribution in [1.29, 1.82) is 0 Å². The van der Waals surface area contributed by atoms with Crippen LogP contribution in [-0.2, 0) is 4.74 Å². The SMILES string of the molecule is OC1(COc2ccc(F)cc2)CCCO1. The van der Waals surface area contributed by atoms with Crippen LogP contribution in [0.4, 0.5) is 4.39 Å². The van der Waals surface area contributed by atoms with Crippen LogP contribution in [0.1, 0.15) is 12.8 Å². The molecule has 1 fully saturated rings. The van der Waals surface area contributed by atoms with E-state index in [4.69, 9.17) is 9.47 Å². The van der Waals surface area contributed by atoms with Crippen molar-refractivity contribution in [2.45, 2.75) is 18.6 Å². The molecule has 1 heterocycles. The van der Waals surface area contributed by atoms with Crippen molar-refractivity contribution < 1.29 is 19.0 Å². The van der Waals surface area contributed by atoms with Gasteiger partial charge in [-0.05, 0) is 30.7 Å². The highest BCUT2D eigenvalue weighted by Crippen LogP contribution is 2.23. The molecule has 1 aliphatic rings. The van der Waals surface area contributed by atoms with Gasteiger partial charge in [-0.3, -0.25) is 0 Å². The minimum atomic E-state index is -1.17. The molecule has 1 aromatic rings. The van der Waals surface area contributed by atoms with Crippen molar-refractivity contribution in [2.75, 3.05) is 13.2 Å². The molecule has 1 unspecified atom stereocenters. The van der Waals surface area contributed by atoms with Gasteiger partial charge in [0.25, 0.3) is 0 Å². The predicted octanol–water partition coefficient (Wildman–Crippen LogP) is 1.70. The van der Waals surface area contributed by atoms with Crippen LogP contribution < -0.4 is 4.74 Å². The molecule has 4 heteroatoms. The standard InChI is InChI=1S/C11H13FO3/c12-9-2-4-10(5-3-9)14-8-11(13)6-1-7-15-11/h2-5,13H,1,6-8H2. The summed E-state index contributed by atoms with van der Waals surface area (Å²) in [5, 5.41) is 9.79. The van der Waals surface area contributed by atoms with Gasteiger partial charge in [-0.2, -0.15) is 0 Å². The summed E-state index contributed by atoms with van der Waals surface area (Å²) in [7, 11) is 0. The van der Waals surface area contributed by atoms with Crippen molar-refractivity contribution in [3.8, 4) is 5.75 Å². The first-order valence-corrected chi connectivity index (χ1v) is 4.93. The van der Waals surface area contributed by atoms with E-state index >= 15 is 0 Å². The zero-order valence-corrected chi connectivity index (χ0v) is 8.28. The molecule has 0 radical (unpaired) electrons. The molecule has 82 valence electrons. The molecular formula is C11H13FO3. The second-order valence-electron chi connectivity index (χ2n) is 3.64. The number of halogens is 1. The first-order valence-electron chi connectivity index (χ1n) is 4.93. The number of hydrogen-bond acceptors (Lipinski definition) is 3. The zero-order chi connectivity index (χ0) is 10.7. The topological polar surface area (TPSA) is 38.7 Å². The molecule has 2 rings (SSSR count). The van der Waals surface area contributed by atoms with Gasteiger partial charge in [0.2, 0.25) is 0 Å². The number of ether oxygens (including phenoxy) is 2. The summed E-state index contributed by atoms with van der Waals surface area (Å²) in [6, 6.07) is 5.67. The van der Waals surface area contributed by atoms with E-state index in [1.807, 2.05) is 0 Å². The zero-order valence-electron chi connectivity index (χ0n) is 8.28. The fourth-order valence-electron chi connectivity index (χ4n) is 1.52. The Morgan fingerprint density at radius 3 is 2.73 bits per heavy atom. The molecule has 0 amide bonds. The van der Waals surface area contributed by atoms with Crippen molar-refractivity contribution >= 4 is 0 Å². The Morgan fingerprint density at radius 2 is 2.13 bits per heavy atom. The van der Waals surface area contributed by atoms with Gasteiger partial charge in [-0.25, -0.2) is 4.39 Å². The van der Waals surface area contributed by atoms with Gasteiger partial charge in [-0.1, -0.05) is 0 Å². The molecule has 1 aromatic carbocycles. The van der Waals surface area contributed by atoms with Gasteiger partial charge in [0.05, 0.1) is 6.61 Å². The van der Waals surface area contributed by atoms with Gasteiger partial charge in [-0.15, -0.1) is 0 Å². The predicted molar refractivity (Wildman–Crippen MR) is 52.0 cm³/mol. The molecule has 0 aliphatic carbocycles. The summed E-state index contributed by atoms with van der Waals surface area (Å²) in [5.74, 6) is -0.951. The van der Waals surface area contributed by atoms with E-state index in [1.165, 1.54) is 24.3 Å². The third-order valence-corrected chi connectivity index (χ3v) is 2.36. The van der Waals surface area contributed by atoms with Crippen molar-refractivity contribution in [3.05, 3.63) is 30.1 Å². The van der Waals surface area contributed by atoms with Crippen LogP contribution >= 0.6 is 0 Å². The summed E-state index contributed by atoms with van der Waals surface area (Å²) in [4.78, 5) is 0. The Bertz CT molecular complexity index is 317. The van der Waals surface area contributed by atoms with E-state index in [0.29, 0.717) is 18.8 Å². The van der Waals surface area contributed by atoms with Crippen LogP contribution in [0.3, 0.4) is 0 Å². The third-order valence-electron chi connectivity index (χ3n) is 2.36. The summed E-state index contributed by atoms with van der Waals surface area (Å²) in [5.41, 5.74) is 0. The second kappa shape index (κ2) is 4.16. The van der Waals surface area contributed by atoms with Crippen LogP contribution in [0, 0.1) is 5.82 Å². The van der Waals surface area contributed by atoms with Crippen LogP contribution in [0.25, 0.3) is 0 Å². The van der Waals surface area contributed by atoms with E-state index in [1.54, 1.807) is 0 Å². The lowest BCUT2D eigenvalue weighted by Gasteiger charge is -2.21. The molecule has 15 heavy (non-hydrogen) atoms. The van der Waals surface area contributed by atoms with Gasteiger partial charge >= 0.3 is 0 Å². The second-order valence-corrected chi connectivity index (χ2v) is 3.64. The van der Waals surface area contributed by atoms with Gasteiger partial charge in [0.15, 0.2) is 5.79 Å². The number of rotatable bonds is 3. The van der Waals surface area contributed by atoms with E-state index in [-0.39, 0.29) is 12.4 Å². The molecule has 0 aromatic heterocycles. The molecule has 1 atom stereocenters. The van der Waals surface area contributed by atoms with E-state index in [9.17, 15) is 9.50 Å². The average molecular weight is 212 g/mol. The van der Waals surface area contributed by atoms with Crippen molar-refractivity contribution in [1.82, 2.24) is 0 Å². The Labute approximate surface area is 87.4 Å². The van der Waals surface area contributed by atoms with Crippen molar-refractivity contribution in [2.24, 2.45) is 0 Å². The molecule has 1 saturated heterocycles. The molecule has 0 spiro atoms. The van der Waals surface area contributed by atoms with Crippen LogP contribution in [0.5, 0.6) is 5.75 Å². The number of benzene rings is 1. The third kappa shape index (κ3) is 2.67. The number of hydrogen-bond donors (Lipinski definition) is 1. The molecular weight excluding hydrogens is 199 g/mol. The Kier molecular flexibility index (Phi) is 2.88. The quantitative estimate of drug-likeness (QED) is 0.828. The maximum atomic E-state index is 12.6. The molecule has 0 bridgehead atoms. The van der Waals surface area contributed by atoms with Crippen LogP contribution in [0.2, 0.25) is 0 Å². The van der Waals surface area contributed by atoms with E-state index < -0.39 is 5.79 Å². The van der Waals surface area contributed by atoms with Crippen LogP contribution in [0.15, 0.2) is 24.3 Å². The maximum absolute atomic E-state index is 12.6. The van der Waals surface area contributed by atoms with Crippen LogP contribution in [-0.4, -0.2) is 24.1 Å². The Hall–Kier alpha value is -1.13. The Morgan fingerprint density at radius 1 is 1.40 bits per heavy atom. The van der Waals surface area contributed by atoms with Crippen molar-refractivity contribution in [3.63, 3.8) is 0 Å². The number of aliphatic hydroxyl groups is 1. The highest BCUT2D eigenvalue weighted by molar-refractivity contribution is 5.22. The lowest BCUT2D eigenvalue weighted by Crippen LogP contribution is -2.34. The molecule has 3 nitrogen and oxygen atoms in total. The van der Waals surface area contributed by atoms with Gasteiger partial charge in [0.1, 0.15) is 18.2 Å². The van der Waals surface area contributed by atoms with E-state index in [0.717, 1.165) is 6.42 Å². The molecule has 0 saturated carbocycles. The first kappa shape index (κ1) is 10.4. The van der Waals surface area contributed by atoms with Gasteiger partial charge in [0, 0.05) is 6.42 Å². The average Bonchev–Trinajstić information content (AvgIpc) is 2.65. The minimum Gasteiger partial charge on any atom is -0.488 e. The molecule has 1 N–H and O–H groups in total. The lowest BCUT2D eigenvalue weighted by atomic mass is 10.2. The monoisotopic (exact) mass is 212 g/mol. The summed E-state index contributed by atoms with van der Waals surface area (Å²) < 4.78 is 23.0. The Balaban J connectivity index is 1.90. The highest BCUT2D eigenvalue weighted by atomic mass is 19.1. The smallest absolute Gasteiger partial charge is 0.200 e. The largest absolute Gasteiger partial charge is 0.488 e.